The van der Waals surface area contributed by atoms with Crippen LogP contribution in [-0.4, -0.2) is 22.6 Å². The van der Waals surface area contributed by atoms with Crippen molar-refractivity contribution in [3.8, 4) is 0 Å². The molecule has 0 spiro atoms. The molecule has 0 saturated heterocycles. The molecule has 1 fully saturated rings. The summed E-state index contributed by atoms with van der Waals surface area (Å²) >= 11 is 0. The van der Waals surface area contributed by atoms with E-state index < -0.39 is 0 Å². The van der Waals surface area contributed by atoms with Crippen LogP contribution < -0.4 is 10.6 Å². The number of aromatic nitrogens is 2. The molecule has 1 aliphatic rings. The summed E-state index contributed by atoms with van der Waals surface area (Å²) in [7, 11) is 0. The van der Waals surface area contributed by atoms with E-state index >= 15 is 0 Å². The van der Waals surface area contributed by atoms with Gasteiger partial charge < -0.3 is 10.6 Å². The predicted molar refractivity (Wildman–Crippen MR) is 66.3 cm³/mol. The largest absolute Gasteiger partial charge is 0.384 e. The van der Waals surface area contributed by atoms with Crippen molar-refractivity contribution in [2.24, 2.45) is 0 Å². The quantitative estimate of drug-likeness (QED) is 0.848. The van der Waals surface area contributed by atoms with Gasteiger partial charge in [0.05, 0.1) is 0 Å². The SMILES string of the molecule is CCN(c1cc(N)ncn1)C1CCCCC1. The maximum Gasteiger partial charge on any atom is 0.134 e. The Morgan fingerprint density at radius 2 is 2.06 bits per heavy atom. The Kier molecular flexibility index (Phi) is 3.59. The molecule has 88 valence electrons. The normalized spacial score (nSPS) is 17.3. The first-order valence-electron chi connectivity index (χ1n) is 6.15. The van der Waals surface area contributed by atoms with Crippen LogP contribution in [0.1, 0.15) is 39.0 Å². The summed E-state index contributed by atoms with van der Waals surface area (Å²) in [6.45, 7) is 3.16. The Morgan fingerprint density at radius 1 is 1.31 bits per heavy atom. The first kappa shape index (κ1) is 11.2. The molecule has 16 heavy (non-hydrogen) atoms. The summed E-state index contributed by atoms with van der Waals surface area (Å²) in [6, 6.07) is 2.51. The lowest BCUT2D eigenvalue weighted by molar-refractivity contribution is 0.416. The molecule has 4 heteroatoms. The van der Waals surface area contributed by atoms with Gasteiger partial charge in [0.15, 0.2) is 0 Å². The van der Waals surface area contributed by atoms with Crippen molar-refractivity contribution in [1.82, 2.24) is 9.97 Å². The van der Waals surface area contributed by atoms with Crippen LogP contribution in [0.25, 0.3) is 0 Å². The zero-order valence-electron chi connectivity index (χ0n) is 9.89. The predicted octanol–water partition coefficient (Wildman–Crippen LogP) is 2.22. The van der Waals surface area contributed by atoms with Crippen molar-refractivity contribution < 1.29 is 0 Å². The second-order valence-corrected chi connectivity index (χ2v) is 4.38. The molecule has 0 aliphatic heterocycles. The minimum atomic E-state index is 0.555. The Morgan fingerprint density at radius 3 is 2.69 bits per heavy atom. The summed E-state index contributed by atoms with van der Waals surface area (Å²) < 4.78 is 0. The minimum absolute atomic E-state index is 0.555. The van der Waals surface area contributed by atoms with Gasteiger partial charge in [-0.05, 0) is 19.8 Å². The van der Waals surface area contributed by atoms with E-state index in [1.807, 2.05) is 6.07 Å². The van der Waals surface area contributed by atoms with E-state index in [9.17, 15) is 0 Å². The number of hydrogen-bond acceptors (Lipinski definition) is 4. The van der Waals surface area contributed by atoms with Crippen LogP contribution in [0.15, 0.2) is 12.4 Å². The number of anilines is 2. The van der Waals surface area contributed by atoms with E-state index in [-0.39, 0.29) is 0 Å². The molecule has 1 saturated carbocycles. The molecule has 1 aromatic rings. The van der Waals surface area contributed by atoms with Crippen LogP contribution >= 0.6 is 0 Å². The Bertz CT molecular complexity index is 334. The van der Waals surface area contributed by atoms with Gasteiger partial charge in [-0.15, -0.1) is 0 Å². The third-order valence-electron chi connectivity index (χ3n) is 3.32. The Balaban J connectivity index is 2.14. The number of nitrogen functional groups attached to an aromatic ring is 1. The van der Waals surface area contributed by atoms with E-state index in [0.717, 1.165) is 12.4 Å². The lowest BCUT2D eigenvalue weighted by Gasteiger charge is -2.34. The van der Waals surface area contributed by atoms with Gasteiger partial charge >= 0.3 is 0 Å². The molecule has 1 heterocycles. The highest BCUT2D eigenvalue weighted by molar-refractivity contribution is 5.46. The van der Waals surface area contributed by atoms with E-state index in [2.05, 4.69) is 21.8 Å². The van der Waals surface area contributed by atoms with Gasteiger partial charge in [0.25, 0.3) is 0 Å². The second-order valence-electron chi connectivity index (χ2n) is 4.38. The Labute approximate surface area is 96.9 Å². The number of nitrogens with zero attached hydrogens (tertiary/aromatic N) is 3. The van der Waals surface area contributed by atoms with Gasteiger partial charge in [0.2, 0.25) is 0 Å². The van der Waals surface area contributed by atoms with Gasteiger partial charge in [-0.3, -0.25) is 0 Å². The van der Waals surface area contributed by atoms with Crippen LogP contribution in [0.3, 0.4) is 0 Å². The maximum absolute atomic E-state index is 5.70. The molecule has 0 unspecified atom stereocenters. The van der Waals surface area contributed by atoms with Gasteiger partial charge in [-0.25, -0.2) is 9.97 Å². The summed E-state index contributed by atoms with van der Waals surface area (Å²) in [5.74, 6) is 1.53. The number of hydrogen-bond donors (Lipinski definition) is 1. The summed E-state index contributed by atoms with van der Waals surface area (Å²) in [4.78, 5) is 10.6. The standard InChI is InChI=1S/C12H20N4/c1-2-16(10-6-4-3-5-7-10)12-8-11(13)14-9-15-12/h8-10H,2-7H2,1H3,(H2,13,14,15). The highest BCUT2D eigenvalue weighted by atomic mass is 15.2. The molecular formula is C12H20N4. The third kappa shape index (κ3) is 2.43. The fraction of sp³-hybridized carbons (Fsp3) is 0.667. The maximum atomic E-state index is 5.70. The van der Waals surface area contributed by atoms with Crippen molar-refractivity contribution in [3.63, 3.8) is 0 Å². The molecule has 2 rings (SSSR count). The lowest BCUT2D eigenvalue weighted by Crippen LogP contribution is -2.37. The van der Waals surface area contributed by atoms with Crippen LogP contribution in [0.2, 0.25) is 0 Å². The topological polar surface area (TPSA) is 55.0 Å². The van der Waals surface area contributed by atoms with Gasteiger partial charge in [-0.1, -0.05) is 19.3 Å². The smallest absolute Gasteiger partial charge is 0.134 e. The Hall–Kier alpha value is -1.32. The molecule has 1 aliphatic carbocycles. The zero-order chi connectivity index (χ0) is 11.4. The molecule has 1 aromatic heterocycles. The molecule has 0 amide bonds. The highest BCUT2D eigenvalue weighted by Crippen LogP contribution is 2.26. The fourth-order valence-corrected chi connectivity index (χ4v) is 2.52. The molecule has 0 radical (unpaired) electrons. The molecule has 0 atom stereocenters. The molecule has 2 N–H and O–H groups in total. The highest BCUT2D eigenvalue weighted by Gasteiger charge is 2.21. The van der Waals surface area contributed by atoms with Gasteiger partial charge in [0.1, 0.15) is 18.0 Å². The first-order chi connectivity index (χ1) is 7.81. The van der Waals surface area contributed by atoms with Crippen LogP contribution in [-0.2, 0) is 0 Å². The average Bonchev–Trinajstić information content (AvgIpc) is 2.31. The van der Waals surface area contributed by atoms with Crippen molar-refractivity contribution in [3.05, 3.63) is 12.4 Å². The first-order valence-corrected chi connectivity index (χ1v) is 6.15. The summed E-state index contributed by atoms with van der Waals surface area (Å²) in [6.07, 6.45) is 8.15. The number of rotatable bonds is 3. The lowest BCUT2D eigenvalue weighted by atomic mass is 9.94. The van der Waals surface area contributed by atoms with E-state index in [1.165, 1.54) is 32.1 Å². The minimum Gasteiger partial charge on any atom is -0.384 e. The molecule has 0 bridgehead atoms. The zero-order valence-corrected chi connectivity index (χ0v) is 9.89. The summed E-state index contributed by atoms with van der Waals surface area (Å²) in [5, 5.41) is 0. The molecule has 0 aromatic carbocycles. The van der Waals surface area contributed by atoms with Crippen LogP contribution in [0, 0.1) is 0 Å². The molecular weight excluding hydrogens is 200 g/mol. The monoisotopic (exact) mass is 220 g/mol. The van der Waals surface area contributed by atoms with Crippen molar-refractivity contribution in [1.29, 1.82) is 0 Å². The third-order valence-corrected chi connectivity index (χ3v) is 3.32. The van der Waals surface area contributed by atoms with E-state index in [1.54, 1.807) is 6.33 Å². The second kappa shape index (κ2) is 5.14. The van der Waals surface area contributed by atoms with Gasteiger partial charge in [0, 0.05) is 18.7 Å². The summed E-state index contributed by atoms with van der Waals surface area (Å²) in [5.41, 5.74) is 5.70. The van der Waals surface area contributed by atoms with E-state index in [4.69, 9.17) is 5.73 Å². The fourth-order valence-electron chi connectivity index (χ4n) is 2.52. The number of nitrogens with two attached hydrogens (primary N) is 1. The van der Waals surface area contributed by atoms with Crippen LogP contribution in [0.4, 0.5) is 11.6 Å². The molecule has 4 nitrogen and oxygen atoms in total. The van der Waals surface area contributed by atoms with Crippen molar-refractivity contribution in [2.75, 3.05) is 17.2 Å². The van der Waals surface area contributed by atoms with Gasteiger partial charge in [-0.2, -0.15) is 0 Å². The average molecular weight is 220 g/mol. The van der Waals surface area contributed by atoms with Crippen LogP contribution in [0.5, 0.6) is 0 Å². The van der Waals surface area contributed by atoms with Crippen molar-refractivity contribution >= 4 is 11.6 Å². The van der Waals surface area contributed by atoms with Crippen molar-refractivity contribution in [2.45, 2.75) is 45.1 Å². The van der Waals surface area contributed by atoms with E-state index in [0.29, 0.717) is 11.9 Å².